The van der Waals surface area contributed by atoms with E-state index >= 15 is 0 Å². The number of carbonyl (C=O) groups is 1. The van der Waals surface area contributed by atoms with Crippen molar-refractivity contribution in [2.24, 2.45) is 10.4 Å². The number of rotatable bonds is 5. The summed E-state index contributed by atoms with van der Waals surface area (Å²) >= 11 is 0. The van der Waals surface area contributed by atoms with Gasteiger partial charge in [-0.1, -0.05) is 44.2 Å². The SMILES string of the molecule is CN=C(NCC(C)(C)Cc1ccccc1)N1CCN(C(=O)c2ccco2)CC1. The second-order valence-corrected chi connectivity index (χ2v) is 7.98. The van der Waals surface area contributed by atoms with Crippen molar-refractivity contribution < 1.29 is 9.21 Å². The number of aliphatic imine (C=N–C) groups is 1. The predicted molar refractivity (Wildman–Crippen MR) is 111 cm³/mol. The Morgan fingerprint density at radius 1 is 1.07 bits per heavy atom. The lowest BCUT2D eigenvalue weighted by atomic mass is 9.86. The van der Waals surface area contributed by atoms with Crippen molar-refractivity contribution in [2.75, 3.05) is 39.8 Å². The molecule has 150 valence electrons. The molecule has 1 fully saturated rings. The van der Waals surface area contributed by atoms with Crippen LogP contribution < -0.4 is 5.32 Å². The van der Waals surface area contributed by atoms with Crippen LogP contribution in [0.4, 0.5) is 0 Å². The zero-order chi connectivity index (χ0) is 20.0. The molecule has 0 unspecified atom stereocenters. The van der Waals surface area contributed by atoms with Crippen LogP contribution >= 0.6 is 0 Å². The van der Waals surface area contributed by atoms with E-state index in [1.807, 2.05) is 18.0 Å². The van der Waals surface area contributed by atoms with Gasteiger partial charge in [-0.25, -0.2) is 0 Å². The quantitative estimate of drug-likeness (QED) is 0.638. The lowest BCUT2D eigenvalue weighted by Gasteiger charge is -2.37. The van der Waals surface area contributed by atoms with Crippen molar-refractivity contribution in [1.29, 1.82) is 0 Å². The Bertz CT molecular complexity index is 776. The van der Waals surface area contributed by atoms with E-state index in [9.17, 15) is 4.79 Å². The molecule has 1 amide bonds. The van der Waals surface area contributed by atoms with Gasteiger partial charge in [-0.15, -0.1) is 0 Å². The van der Waals surface area contributed by atoms with Crippen LogP contribution in [0.25, 0.3) is 0 Å². The average Bonchev–Trinajstić information content (AvgIpc) is 3.23. The van der Waals surface area contributed by atoms with E-state index in [0.29, 0.717) is 18.8 Å². The van der Waals surface area contributed by atoms with Crippen LogP contribution in [-0.2, 0) is 6.42 Å². The molecule has 2 heterocycles. The standard InChI is InChI=1S/C22H30N4O2/c1-22(2,16-18-8-5-4-6-9-18)17-24-21(23-3)26-13-11-25(12-14-26)20(27)19-10-7-15-28-19/h4-10,15H,11-14,16-17H2,1-3H3,(H,23,24). The number of carbonyl (C=O) groups excluding carboxylic acids is 1. The molecule has 1 N–H and O–H groups in total. The summed E-state index contributed by atoms with van der Waals surface area (Å²) < 4.78 is 5.23. The summed E-state index contributed by atoms with van der Waals surface area (Å²) in [5, 5.41) is 3.53. The highest BCUT2D eigenvalue weighted by Crippen LogP contribution is 2.21. The number of furan rings is 1. The van der Waals surface area contributed by atoms with Gasteiger partial charge in [0.1, 0.15) is 0 Å². The van der Waals surface area contributed by atoms with Crippen molar-refractivity contribution in [2.45, 2.75) is 20.3 Å². The van der Waals surface area contributed by atoms with E-state index in [2.05, 4.69) is 53.3 Å². The first kappa shape index (κ1) is 20.0. The lowest BCUT2D eigenvalue weighted by Crippen LogP contribution is -2.54. The topological polar surface area (TPSA) is 61.1 Å². The monoisotopic (exact) mass is 382 g/mol. The lowest BCUT2D eigenvalue weighted by molar-refractivity contribution is 0.0657. The minimum absolute atomic E-state index is 0.0448. The van der Waals surface area contributed by atoms with Gasteiger partial charge in [0.15, 0.2) is 11.7 Å². The van der Waals surface area contributed by atoms with Gasteiger partial charge in [0.2, 0.25) is 0 Å². The molecule has 1 aromatic heterocycles. The number of nitrogens with one attached hydrogen (secondary N) is 1. The highest BCUT2D eigenvalue weighted by atomic mass is 16.3. The Hall–Kier alpha value is -2.76. The number of piperazine rings is 1. The van der Waals surface area contributed by atoms with Crippen LogP contribution in [0.3, 0.4) is 0 Å². The van der Waals surface area contributed by atoms with Crippen LogP contribution in [0.1, 0.15) is 30.0 Å². The van der Waals surface area contributed by atoms with Gasteiger partial charge < -0.3 is 19.5 Å². The van der Waals surface area contributed by atoms with E-state index < -0.39 is 0 Å². The van der Waals surface area contributed by atoms with Crippen molar-refractivity contribution in [3.63, 3.8) is 0 Å². The van der Waals surface area contributed by atoms with Gasteiger partial charge in [0.25, 0.3) is 5.91 Å². The first-order valence-corrected chi connectivity index (χ1v) is 9.81. The smallest absolute Gasteiger partial charge is 0.289 e. The van der Waals surface area contributed by atoms with E-state index in [-0.39, 0.29) is 11.3 Å². The summed E-state index contributed by atoms with van der Waals surface area (Å²) in [7, 11) is 1.81. The second kappa shape index (κ2) is 8.95. The molecule has 0 bridgehead atoms. The number of guanidine groups is 1. The fraction of sp³-hybridized carbons (Fsp3) is 0.455. The van der Waals surface area contributed by atoms with Crippen LogP contribution in [0.15, 0.2) is 58.1 Å². The second-order valence-electron chi connectivity index (χ2n) is 7.98. The Labute approximate surface area is 167 Å². The fourth-order valence-corrected chi connectivity index (χ4v) is 3.54. The Morgan fingerprint density at radius 2 is 1.75 bits per heavy atom. The molecule has 1 aliphatic rings. The highest BCUT2D eigenvalue weighted by molar-refractivity contribution is 5.91. The molecule has 0 spiro atoms. The first-order valence-electron chi connectivity index (χ1n) is 9.81. The van der Waals surface area contributed by atoms with Crippen LogP contribution in [0.5, 0.6) is 0 Å². The number of benzene rings is 1. The summed E-state index contributed by atoms with van der Waals surface area (Å²) in [5.74, 6) is 1.25. The fourth-order valence-electron chi connectivity index (χ4n) is 3.54. The number of nitrogens with zero attached hydrogens (tertiary/aromatic N) is 3. The van der Waals surface area contributed by atoms with Crippen LogP contribution in [0, 0.1) is 5.41 Å². The maximum absolute atomic E-state index is 12.4. The molecule has 28 heavy (non-hydrogen) atoms. The van der Waals surface area contributed by atoms with Crippen molar-refractivity contribution in [3.05, 3.63) is 60.1 Å². The van der Waals surface area contributed by atoms with E-state index in [0.717, 1.165) is 32.0 Å². The first-order chi connectivity index (χ1) is 13.5. The highest BCUT2D eigenvalue weighted by Gasteiger charge is 2.26. The van der Waals surface area contributed by atoms with E-state index in [1.54, 1.807) is 12.1 Å². The van der Waals surface area contributed by atoms with Gasteiger partial charge in [-0.3, -0.25) is 9.79 Å². The molecule has 6 nitrogen and oxygen atoms in total. The summed E-state index contributed by atoms with van der Waals surface area (Å²) in [6, 6.07) is 14.0. The van der Waals surface area contributed by atoms with Gasteiger partial charge >= 0.3 is 0 Å². The summed E-state index contributed by atoms with van der Waals surface area (Å²) in [5.41, 5.74) is 1.45. The Balaban J connectivity index is 1.50. The van der Waals surface area contributed by atoms with Crippen LogP contribution in [-0.4, -0.2) is 61.4 Å². The molecule has 1 aromatic carbocycles. The number of hydrogen-bond donors (Lipinski definition) is 1. The number of amides is 1. The van der Waals surface area contributed by atoms with Crippen molar-refractivity contribution in [3.8, 4) is 0 Å². The molecule has 0 radical (unpaired) electrons. The average molecular weight is 383 g/mol. The van der Waals surface area contributed by atoms with Gasteiger partial charge in [-0.05, 0) is 29.5 Å². The largest absolute Gasteiger partial charge is 0.459 e. The molecule has 2 aromatic rings. The molecule has 3 rings (SSSR count). The van der Waals surface area contributed by atoms with Gasteiger partial charge in [-0.2, -0.15) is 0 Å². The summed E-state index contributed by atoms with van der Waals surface area (Å²) in [6.07, 6.45) is 2.54. The Morgan fingerprint density at radius 3 is 2.36 bits per heavy atom. The zero-order valence-corrected chi connectivity index (χ0v) is 17.0. The molecule has 1 saturated heterocycles. The maximum atomic E-state index is 12.4. The van der Waals surface area contributed by atoms with Crippen molar-refractivity contribution >= 4 is 11.9 Å². The summed E-state index contributed by atoms with van der Waals surface area (Å²) in [4.78, 5) is 20.9. The molecule has 0 aliphatic carbocycles. The minimum Gasteiger partial charge on any atom is -0.459 e. The molecule has 0 saturated carbocycles. The molecular formula is C22H30N4O2. The maximum Gasteiger partial charge on any atom is 0.289 e. The zero-order valence-electron chi connectivity index (χ0n) is 17.0. The molecule has 1 aliphatic heterocycles. The predicted octanol–water partition coefficient (Wildman–Crippen LogP) is 2.88. The van der Waals surface area contributed by atoms with Gasteiger partial charge in [0.05, 0.1) is 6.26 Å². The molecule has 6 heteroatoms. The Kier molecular flexibility index (Phi) is 6.39. The normalized spacial score (nSPS) is 15.6. The minimum atomic E-state index is -0.0448. The molecular weight excluding hydrogens is 352 g/mol. The van der Waals surface area contributed by atoms with E-state index in [4.69, 9.17) is 4.42 Å². The van der Waals surface area contributed by atoms with Crippen LogP contribution in [0.2, 0.25) is 0 Å². The third-order valence-electron chi connectivity index (χ3n) is 5.06. The third kappa shape index (κ3) is 5.15. The van der Waals surface area contributed by atoms with E-state index in [1.165, 1.54) is 11.8 Å². The third-order valence-corrected chi connectivity index (χ3v) is 5.06. The number of hydrogen-bond acceptors (Lipinski definition) is 3. The van der Waals surface area contributed by atoms with Crippen molar-refractivity contribution in [1.82, 2.24) is 15.1 Å². The summed E-state index contributed by atoms with van der Waals surface area (Å²) in [6.45, 7) is 8.19. The van der Waals surface area contributed by atoms with Gasteiger partial charge in [0, 0.05) is 39.8 Å². The molecule has 0 atom stereocenters.